The Kier molecular flexibility index (Phi) is 9.98. The third kappa shape index (κ3) is 7.22. The minimum Gasteiger partial charge on any atom is -0.493 e. The molecule has 1 N–H and O–H groups in total. The van der Waals surface area contributed by atoms with E-state index in [1.807, 2.05) is 50.5 Å². The van der Waals surface area contributed by atoms with Crippen molar-refractivity contribution >= 4 is 17.7 Å². The molecule has 1 aromatic heterocycles. The molecule has 0 aliphatic heterocycles. The highest BCUT2D eigenvalue weighted by molar-refractivity contribution is 7.99. The molecule has 1 amide bonds. The predicted molar refractivity (Wildman–Crippen MR) is 139 cm³/mol. The second-order valence-electron chi connectivity index (χ2n) is 8.38. The fraction of sp³-hybridized carbons (Fsp3) is 0.423. The highest BCUT2D eigenvalue weighted by Crippen LogP contribution is 2.28. The van der Waals surface area contributed by atoms with Gasteiger partial charge in [0, 0.05) is 6.54 Å². The Balaban J connectivity index is 1.62. The zero-order valence-electron chi connectivity index (χ0n) is 21.2. The number of carbonyl (C=O) groups excluding carboxylic acids is 1. The van der Waals surface area contributed by atoms with E-state index >= 15 is 0 Å². The highest BCUT2D eigenvalue weighted by atomic mass is 32.2. The van der Waals surface area contributed by atoms with Crippen molar-refractivity contribution in [2.24, 2.45) is 0 Å². The molecule has 0 fully saturated rings. The average Bonchev–Trinajstić information content (AvgIpc) is 3.25. The second-order valence-corrected chi connectivity index (χ2v) is 9.32. The molecule has 0 radical (unpaired) electrons. The van der Waals surface area contributed by atoms with Gasteiger partial charge in [0.15, 0.2) is 22.5 Å². The number of amides is 1. The lowest BCUT2D eigenvalue weighted by Crippen LogP contribution is -2.27. The van der Waals surface area contributed by atoms with Gasteiger partial charge in [0.2, 0.25) is 5.91 Å². The van der Waals surface area contributed by atoms with Crippen molar-refractivity contribution in [2.75, 3.05) is 40.6 Å². The lowest BCUT2D eigenvalue weighted by atomic mass is 10.1. The van der Waals surface area contributed by atoms with Gasteiger partial charge in [-0.2, -0.15) is 0 Å². The molecule has 0 saturated carbocycles. The van der Waals surface area contributed by atoms with Crippen molar-refractivity contribution in [3.05, 3.63) is 65.5 Å². The normalized spacial score (nSPS) is 11.9. The van der Waals surface area contributed by atoms with Gasteiger partial charge in [-0.15, -0.1) is 10.2 Å². The summed E-state index contributed by atoms with van der Waals surface area (Å²) in [5.74, 6) is 2.53. The van der Waals surface area contributed by atoms with Crippen molar-refractivity contribution in [1.82, 2.24) is 25.0 Å². The first kappa shape index (κ1) is 26.6. The van der Waals surface area contributed by atoms with Crippen LogP contribution in [-0.2, 0) is 17.8 Å². The van der Waals surface area contributed by atoms with Crippen LogP contribution in [-0.4, -0.2) is 66.2 Å². The number of rotatable bonds is 13. The number of aromatic nitrogens is 3. The summed E-state index contributed by atoms with van der Waals surface area (Å²) >= 11 is 1.41. The number of hydrogen-bond donors (Lipinski definition) is 1. The van der Waals surface area contributed by atoms with E-state index in [0.717, 1.165) is 23.0 Å². The van der Waals surface area contributed by atoms with E-state index in [4.69, 9.17) is 9.47 Å². The van der Waals surface area contributed by atoms with Gasteiger partial charge in [-0.25, -0.2) is 0 Å². The summed E-state index contributed by atoms with van der Waals surface area (Å²) in [6, 6.07) is 16.2. The Hall–Kier alpha value is -3.04. The van der Waals surface area contributed by atoms with Gasteiger partial charge in [-0.1, -0.05) is 55.1 Å². The lowest BCUT2D eigenvalue weighted by Gasteiger charge is -2.23. The molecule has 2 aromatic carbocycles. The second kappa shape index (κ2) is 13.2. The number of ether oxygens (including phenoxy) is 2. The fourth-order valence-electron chi connectivity index (χ4n) is 3.91. The van der Waals surface area contributed by atoms with E-state index in [-0.39, 0.29) is 17.7 Å². The van der Waals surface area contributed by atoms with Crippen LogP contribution in [0, 0.1) is 0 Å². The van der Waals surface area contributed by atoms with Crippen molar-refractivity contribution in [2.45, 2.75) is 37.5 Å². The van der Waals surface area contributed by atoms with Gasteiger partial charge in [0.25, 0.3) is 0 Å². The zero-order valence-corrected chi connectivity index (χ0v) is 22.0. The Morgan fingerprint density at radius 2 is 1.80 bits per heavy atom. The first-order valence-corrected chi connectivity index (χ1v) is 12.7. The molecular formula is C26H35N5O3S. The quantitative estimate of drug-likeness (QED) is 0.360. The molecule has 9 heteroatoms. The van der Waals surface area contributed by atoms with Crippen LogP contribution >= 0.6 is 11.8 Å². The molecule has 0 spiro atoms. The van der Waals surface area contributed by atoms with E-state index in [2.05, 4.69) is 44.0 Å². The SMILES string of the molecule is CC[C@H](c1nnc(SCC(=O)NCCc2ccc(OC)c(OC)c2)n1Cc1ccccc1)N(C)C. The zero-order chi connectivity index (χ0) is 25.2. The predicted octanol–water partition coefficient (Wildman–Crippen LogP) is 3.81. The topological polar surface area (TPSA) is 81.5 Å². The van der Waals surface area contributed by atoms with Crippen LogP contribution in [0.1, 0.15) is 36.3 Å². The van der Waals surface area contributed by atoms with Crippen LogP contribution in [0.5, 0.6) is 11.5 Å². The molecule has 1 heterocycles. The van der Waals surface area contributed by atoms with Gasteiger partial charge in [0.05, 0.1) is 32.6 Å². The summed E-state index contributed by atoms with van der Waals surface area (Å²) in [4.78, 5) is 14.7. The summed E-state index contributed by atoms with van der Waals surface area (Å²) in [6.07, 6.45) is 1.62. The first-order valence-electron chi connectivity index (χ1n) is 11.7. The molecule has 35 heavy (non-hydrogen) atoms. The standard InChI is InChI=1S/C26H35N5O3S/c1-6-21(30(2)3)25-28-29-26(31(25)17-20-10-8-7-9-11-20)35-18-24(32)27-15-14-19-12-13-22(33-4)23(16-19)34-5/h7-13,16,21H,6,14-15,17-18H2,1-5H3,(H,27,32)/t21-/m1/s1. The Bertz CT molecular complexity index is 1090. The van der Waals surface area contributed by atoms with E-state index in [0.29, 0.717) is 31.0 Å². The number of carbonyl (C=O) groups is 1. The monoisotopic (exact) mass is 497 g/mol. The van der Waals surface area contributed by atoms with Crippen LogP contribution in [0.4, 0.5) is 0 Å². The van der Waals surface area contributed by atoms with Gasteiger partial charge in [-0.3, -0.25) is 9.69 Å². The highest BCUT2D eigenvalue weighted by Gasteiger charge is 2.22. The fourth-order valence-corrected chi connectivity index (χ4v) is 4.68. The summed E-state index contributed by atoms with van der Waals surface area (Å²) in [5, 5.41) is 12.7. The number of benzene rings is 2. The Labute approximate surface area is 212 Å². The summed E-state index contributed by atoms with van der Waals surface area (Å²) in [6.45, 7) is 3.34. The molecule has 3 aromatic rings. The number of thioether (sulfide) groups is 1. The van der Waals surface area contributed by atoms with E-state index in [1.165, 1.54) is 17.3 Å². The minimum absolute atomic E-state index is 0.0362. The van der Waals surface area contributed by atoms with Crippen molar-refractivity contribution < 1.29 is 14.3 Å². The lowest BCUT2D eigenvalue weighted by molar-refractivity contribution is -0.118. The van der Waals surface area contributed by atoms with E-state index < -0.39 is 0 Å². The maximum Gasteiger partial charge on any atom is 0.230 e. The van der Waals surface area contributed by atoms with Crippen LogP contribution < -0.4 is 14.8 Å². The molecule has 3 rings (SSSR count). The van der Waals surface area contributed by atoms with Gasteiger partial charge in [0.1, 0.15) is 0 Å². The molecule has 0 bridgehead atoms. The molecular weight excluding hydrogens is 462 g/mol. The van der Waals surface area contributed by atoms with E-state index in [1.54, 1.807) is 14.2 Å². The summed E-state index contributed by atoms with van der Waals surface area (Å²) < 4.78 is 12.8. The largest absolute Gasteiger partial charge is 0.493 e. The molecule has 1 atom stereocenters. The Morgan fingerprint density at radius 3 is 2.46 bits per heavy atom. The Morgan fingerprint density at radius 1 is 1.06 bits per heavy atom. The smallest absolute Gasteiger partial charge is 0.230 e. The van der Waals surface area contributed by atoms with Crippen LogP contribution in [0.15, 0.2) is 53.7 Å². The molecule has 0 unspecified atom stereocenters. The maximum atomic E-state index is 12.6. The molecule has 8 nitrogen and oxygen atoms in total. The number of nitrogens with one attached hydrogen (secondary N) is 1. The van der Waals surface area contributed by atoms with Crippen LogP contribution in [0.25, 0.3) is 0 Å². The number of methoxy groups -OCH3 is 2. The van der Waals surface area contributed by atoms with Gasteiger partial charge in [-0.05, 0) is 50.2 Å². The third-order valence-corrected chi connectivity index (χ3v) is 6.72. The average molecular weight is 498 g/mol. The van der Waals surface area contributed by atoms with Crippen molar-refractivity contribution in [3.63, 3.8) is 0 Å². The molecule has 0 saturated heterocycles. The molecule has 0 aliphatic carbocycles. The molecule has 188 valence electrons. The minimum atomic E-state index is -0.0362. The summed E-state index contributed by atoms with van der Waals surface area (Å²) in [5.41, 5.74) is 2.24. The molecule has 0 aliphatic rings. The van der Waals surface area contributed by atoms with Gasteiger partial charge < -0.3 is 19.4 Å². The van der Waals surface area contributed by atoms with Crippen molar-refractivity contribution in [1.29, 1.82) is 0 Å². The first-order chi connectivity index (χ1) is 17.0. The maximum absolute atomic E-state index is 12.6. The number of hydrogen-bond acceptors (Lipinski definition) is 7. The van der Waals surface area contributed by atoms with E-state index in [9.17, 15) is 4.79 Å². The van der Waals surface area contributed by atoms with Gasteiger partial charge >= 0.3 is 0 Å². The van der Waals surface area contributed by atoms with Crippen molar-refractivity contribution in [3.8, 4) is 11.5 Å². The van der Waals surface area contributed by atoms with Crippen LogP contribution in [0.2, 0.25) is 0 Å². The number of nitrogens with zero attached hydrogens (tertiary/aromatic N) is 4. The summed E-state index contributed by atoms with van der Waals surface area (Å²) in [7, 11) is 7.33. The third-order valence-electron chi connectivity index (χ3n) is 5.75. The van der Waals surface area contributed by atoms with Crippen LogP contribution in [0.3, 0.4) is 0 Å².